The number of hydrogen-bond donors (Lipinski definition) is 2. The summed E-state index contributed by atoms with van der Waals surface area (Å²) in [5.74, 6) is -0.189. The van der Waals surface area contributed by atoms with Gasteiger partial charge in [-0.15, -0.1) is 0 Å². The molecule has 0 spiro atoms. The molecule has 0 saturated carbocycles. The molecule has 2 N–H and O–H groups in total. The number of hydrogen-bond acceptors (Lipinski definition) is 4. The van der Waals surface area contributed by atoms with E-state index in [4.69, 9.17) is 4.74 Å². The minimum absolute atomic E-state index is 0.138. The van der Waals surface area contributed by atoms with Crippen molar-refractivity contribution in [2.75, 3.05) is 17.7 Å². The van der Waals surface area contributed by atoms with E-state index in [1.165, 1.54) is 19.4 Å². The minimum Gasteiger partial charge on any atom is -0.495 e. The number of aryl methyl sites for hydroxylation is 1. The van der Waals surface area contributed by atoms with E-state index in [0.717, 1.165) is 5.56 Å². The van der Waals surface area contributed by atoms with Gasteiger partial charge in [-0.25, -0.2) is 0 Å². The van der Waals surface area contributed by atoms with Gasteiger partial charge in [0.15, 0.2) is 0 Å². The maximum absolute atomic E-state index is 12.6. The summed E-state index contributed by atoms with van der Waals surface area (Å²) in [5.41, 5.74) is 2.68. The fourth-order valence-electron chi connectivity index (χ4n) is 2.53. The van der Waals surface area contributed by atoms with Crippen LogP contribution in [0.3, 0.4) is 0 Å². The van der Waals surface area contributed by atoms with Crippen LogP contribution in [0.1, 0.15) is 26.4 Å². The van der Waals surface area contributed by atoms with E-state index in [2.05, 4.69) is 15.6 Å². The van der Waals surface area contributed by atoms with Crippen molar-refractivity contribution in [3.8, 4) is 5.75 Å². The van der Waals surface area contributed by atoms with Crippen molar-refractivity contribution in [3.05, 3.63) is 83.7 Å². The lowest BCUT2D eigenvalue weighted by Crippen LogP contribution is -2.17. The van der Waals surface area contributed by atoms with E-state index in [9.17, 15) is 9.59 Å². The first kappa shape index (κ1) is 18.1. The number of carbonyl (C=O) groups excluding carboxylic acids is 2. The van der Waals surface area contributed by atoms with Gasteiger partial charge in [0.05, 0.1) is 12.8 Å². The largest absolute Gasteiger partial charge is 0.495 e. The quantitative estimate of drug-likeness (QED) is 0.722. The molecule has 136 valence electrons. The van der Waals surface area contributed by atoms with Crippen LogP contribution in [0.25, 0.3) is 0 Å². The Balaban J connectivity index is 1.78. The summed E-state index contributed by atoms with van der Waals surface area (Å²) in [7, 11) is 1.53. The van der Waals surface area contributed by atoms with E-state index in [-0.39, 0.29) is 11.6 Å². The molecule has 3 aromatic rings. The van der Waals surface area contributed by atoms with E-state index in [1.54, 1.807) is 24.3 Å². The molecule has 0 fully saturated rings. The molecule has 0 aliphatic carbocycles. The van der Waals surface area contributed by atoms with Crippen molar-refractivity contribution in [3.63, 3.8) is 0 Å². The van der Waals surface area contributed by atoms with Gasteiger partial charge in [-0.2, -0.15) is 0 Å². The number of methoxy groups -OCH3 is 1. The maximum Gasteiger partial charge on any atom is 0.274 e. The normalized spacial score (nSPS) is 10.1. The van der Waals surface area contributed by atoms with Crippen molar-refractivity contribution >= 4 is 23.2 Å². The molecule has 27 heavy (non-hydrogen) atoms. The van der Waals surface area contributed by atoms with Crippen molar-refractivity contribution in [2.24, 2.45) is 0 Å². The van der Waals surface area contributed by atoms with Crippen LogP contribution < -0.4 is 15.4 Å². The molecule has 0 aliphatic rings. The highest BCUT2D eigenvalue weighted by atomic mass is 16.5. The summed E-state index contributed by atoms with van der Waals surface area (Å²) >= 11 is 0. The smallest absolute Gasteiger partial charge is 0.274 e. The van der Waals surface area contributed by atoms with Crippen LogP contribution in [-0.4, -0.2) is 23.9 Å². The number of benzene rings is 2. The van der Waals surface area contributed by atoms with Crippen LogP contribution in [0.15, 0.2) is 66.9 Å². The number of nitrogens with zero attached hydrogens (tertiary/aromatic N) is 1. The van der Waals surface area contributed by atoms with Crippen molar-refractivity contribution in [1.29, 1.82) is 0 Å². The molecule has 2 amide bonds. The van der Waals surface area contributed by atoms with Gasteiger partial charge in [0.25, 0.3) is 11.8 Å². The van der Waals surface area contributed by atoms with Gasteiger partial charge >= 0.3 is 0 Å². The Hall–Kier alpha value is -3.67. The van der Waals surface area contributed by atoms with Gasteiger partial charge < -0.3 is 15.4 Å². The Bertz CT molecular complexity index is 971. The molecule has 2 aromatic carbocycles. The number of carbonyl (C=O) groups is 2. The molecular weight excluding hydrogens is 342 g/mol. The summed E-state index contributed by atoms with van der Waals surface area (Å²) < 4.78 is 5.27. The van der Waals surface area contributed by atoms with E-state index in [1.807, 2.05) is 37.3 Å². The highest BCUT2D eigenvalue weighted by Crippen LogP contribution is 2.25. The van der Waals surface area contributed by atoms with E-state index in [0.29, 0.717) is 22.7 Å². The number of ether oxygens (including phenoxy) is 1. The van der Waals surface area contributed by atoms with Gasteiger partial charge in [0.2, 0.25) is 0 Å². The second-order valence-electron chi connectivity index (χ2n) is 5.91. The molecule has 6 heteroatoms. The molecule has 1 aromatic heterocycles. The molecule has 0 atom stereocenters. The van der Waals surface area contributed by atoms with Crippen molar-refractivity contribution in [2.45, 2.75) is 6.92 Å². The zero-order chi connectivity index (χ0) is 19.2. The molecule has 6 nitrogen and oxygen atoms in total. The highest BCUT2D eigenvalue weighted by Gasteiger charge is 2.14. The summed E-state index contributed by atoms with van der Waals surface area (Å²) in [5, 5.41) is 5.56. The molecule has 3 rings (SSSR count). The van der Waals surface area contributed by atoms with Crippen LogP contribution in [0.4, 0.5) is 11.4 Å². The molecule has 0 bridgehead atoms. The maximum atomic E-state index is 12.6. The van der Waals surface area contributed by atoms with Crippen molar-refractivity contribution in [1.82, 2.24) is 4.98 Å². The third-order valence-corrected chi connectivity index (χ3v) is 3.89. The standard InChI is InChI=1S/C21H19N3O3/c1-14-8-9-19(27-2)17(12-14)24-21(26)18-13-15(10-11-22-18)20(25)23-16-6-4-3-5-7-16/h3-13H,1-2H3,(H,23,25)(H,24,26). The molecule has 1 heterocycles. The van der Waals surface area contributed by atoms with Gasteiger partial charge in [-0.05, 0) is 48.9 Å². The van der Waals surface area contributed by atoms with Crippen LogP contribution in [0, 0.1) is 6.92 Å². The van der Waals surface area contributed by atoms with Gasteiger partial charge in [-0.1, -0.05) is 24.3 Å². The Kier molecular flexibility index (Phi) is 5.47. The Morgan fingerprint density at radius 1 is 0.926 bits per heavy atom. The highest BCUT2D eigenvalue weighted by molar-refractivity contribution is 6.08. The van der Waals surface area contributed by atoms with Crippen LogP contribution in [0.2, 0.25) is 0 Å². The molecule has 0 unspecified atom stereocenters. The van der Waals surface area contributed by atoms with Crippen LogP contribution >= 0.6 is 0 Å². The van der Waals surface area contributed by atoms with E-state index < -0.39 is 5.91 Å². The predicted molar refractivity (Wildman–Crippen MR) is 104 cm³/mol. The first-order chi connectivity index (χ1) is 13.1. The molecule has 0 aliphatic heterocycles. The van der Waals surface area contributed by atoms with Gasteiger partial charge in [-0.3, -0.25) is 14.6 Å². The van der Waals surface area contributed by atoms with Crippen molar-refractivity contribution < 1.29 is 14.3 Å². The van der Waals surface area contributed by atoms with Crippen LogP contribution in [-0.2, 0) is 0 Å². The minimum atomic E-state index is -0.423. The Morgan fingerprint density at radius 2 is 1.70 bits per heavy atom. The number of pyridine rings is 1. The lowest BCUT2D eigenvalue weighted by molar-refractivity contribution is 0.102. The fraction of sp³-hybridized carbons (Fsp3) is 0.0952. The number of amides is 2. The monoisotopic (exact) mass is 361 g/mol. The lowest BCUT2D eigenvalue weighted by Gasteiger charge is -2.11. The number of aromatic nitrogens is 1. The number of para-hydroxylation sites is 1. The zero-order valence-corrected chi connectivity index (χ0v) is 15.0. The summed E-state index contributed by atoms with van der Waals surface area (Å²) in [6.45, 7) is 1.92. The SMILES string of the molecule is COc1ccc(C)cc1NC(=O)c1cc(C(=O)Nc2ccccc2)ccn1. The summed E-state index contributed by atoms with van der Waals surface area (Å²) in [4.78, 5) is 29.0. The second-order valence-corrected chi connectivity index (χ2v) is 5.91. The fourth-order valence-corrected chi connectivity index (χ4v) is 2.53. The predicted octanol–water partition coefficient (Wildman–Crippen LogP) is 3.90. The van der Waals surface area contributed by atoms with Crippen LogP contribution in [0.5, 0.6) is 5.75 Å². The zero-order valence-electron chi connectivity index (χ0n) is 15.0. The average Bonchev–Trinajstić information content (AvgIpc) is 2.69. The summed E-state index contributed by atoms with van der Waals surface area (Å²) in [6.07, 6.45) is 1.43. The third-order valence-electron chi connectivity index (χ3n) is 3.89. The van der Waals surface area contributed by atoms with Gasteiger partial charge in [0.1, 0.15) is 11.4 Å². The Morgan fingerprint density at radius 3 is 2.44 bits per heavy atom. The van der Waals surface area contributed by atoms with E-state index >= 15 is 0 Å². The van der Waals surface area contributed by atoms with Gasteiger partial charge in [0, 0.05) is 17.4 Å². The molecule has 0 saturated heterocycles. The Labute approximate surface area is 157 Å². The molecule has 0 radical (unpaired) electrons. The lowest BCUT2D eigenvalue weighted by atomic mass is 10.1. The topological polar surface area (TPSA) is 80.3 Å². The second kappa shape index (κ2) is 8.14. The number of rotatable bonds is 5. The first-order valence-electron chi connectivity index (χ1n) is 8.35. The molecular formula is C21H19N3O3. The number of anilines is 2. The number of nitrogens with one attached hydrogen (secondary N) is 2. The first-order valence-corrected chi connectivity index (χ1v) is 8.35. The third kappa shape index (κ3) is 4.49. The summed E-state index contributed by atoms with van der Waals surface area (Å²) in [6, 6.07) is 17.6. The average molecular weight is 361 g/mol.